The number of carbonyl (C=O) groups is 2. The lowest BCUT2D eigenvalue weighted by molar-refractivity contribution is -0.141. The molecule has 3 heterocycles. The molecule has 0 unspecified atom stereocenters. The largest absolute Gasteiger partial charge is 0.349 e. The van der Waals surface area contributed by atoms with Gasteiger partial charge < -0.3 is 10.2 Å². The van der Waals surface area contributed by atoms with Crippen molar-refractivity contribution in [1.82, 2.24) is 30.4 Å². The number of rotatable bonds is 5. The normalized spacial score (nSPS) is 21.0. The van der Waals surface area contributed by atoms with Gasteiger partial charge in [0.1, 0.15) is 5.82 Å². The summed E-state index contributed by atoms with van der Waals surface area (Å²) in [6.45, 7) is 0.832. The Bertz CT molecular complexity index is 829. The summed E-state index contributed by atoms with van der Waals surface area (Å²) in [5.74, 6) is 1.23. The van der Waals surface area contributed by atoms with E-state index in [0.29, 0.717) is 43.6 Å². The molecule has 0 aromatic carbocycles. The van der Waals surface area contributed by atoms with Crippen LogP contribution in [0.4, 0.5) is 0 Å². The van der Waals surface area contributed by atoms with Crippen molar-refractivity contribution in [2.75, 3.05) is 6.54 Å². The number of likely N-dealkylation sites (tertiary alicyclic amines) is 1. The number of piperidine rings is 1. The molecule has 2 aliphatic rings. The van der Waals surface area contributed by atoms with Gasteiger partial charge in [-0.05, 0) is 31.4 Å². The molecule has 1 aliphatic carbocycles. The van der Waals surface area contributed by atoms with E-state index in [-0.39, 0.29) is 17.7 Å². The van der Waals surface area contributed by atoms with E-state index in [2.05, 4.69) is 25.5 Å². The molecule has 8 heteroatoms. The lowest BCUT2D eigenvalue weighted by Crippen LogP contribution is -2.49. The predicted octanol–water partition coefficient (Wildman–Crippen LogP) is 2.44. The number of hydrogen-bond donors (Lipinski definition) is 2. The van der Waals surface area contributed by atoms with Crippen LogP contribution in [0.3, 0.4) is 0 Å². The minimum absolute atomic E-state index is 0.0158. The quantitative estimate of drug-likeness (QED) is 0.756. The summed E-state index contributed by atoms with van der Waals surface area (Å²) in [4.78, 5) is 35.6. The number of H-pyrrole nitrogens is 1. The van der Waals surface area contributed by atoms with Crippen molar-refractivity contribution in [2.45, 2.75) is 64.0 Å². The molecular weight excluding hydrogens is 368 g/mol. The molecule has 1 saturated carbocycles. The standard InChI is InChI=1S/C21H28N6O2/c28-19-8-7-16(14-27(19)17-5-3-1-2-4-6-17)21(29)23-13-18-24-20(26-25-18)15-9-11-22-12-10-15/h9-12,16-17H,1-8,13-14H2,(H,23,29)(H,24,25,26)/t16-/m0/s1. The first-order chi connectivity index (χ1) is 14.2. The first kappa shape index (κ1) is 19.5. The molecule has 0 radical (unpaired) electrons. The number of aromatic nitrogens is 4. The fourth-order valence-corrected chi connectivity index (χ4v) is 4.33. The highest BCUT2D eigenvalue weighted by molar-refractivity contribution is 5.84. The third-order valence-electron chi connectivity index (χ3n) is 5.98. The zero-order valence-electron chi connectivity index (χ0n) is 16.6. The first-order valence-corrected chi connectivity index (χ1v) is 10.6. The Hall–Kier alpha value is -2.77. The lowest BCUT2D eigenvalue weighted by Gasteiger charge is -2.37. The molecule has 1 atom stereocenters. The summed E-state index contributed by atoms with van der Waals surface area (Å²) in [6.07, 6.45) is 11.5. The molecule has 4 rings (SSSR count). The number of pyridine rings is 1. The van der Waals surface area contributed by atoms with Crippen molar-refractivity contribution >= 4 is 11.8 Å². The van der Waals surface area contributed by atoms with Gasteiger partial charge in [-0.2, -0.15) is 5.10 Å². The number of aromatic amines is 1. The first-order valence-electron chi connectivity index (χ1n) is 10.6. The van der Waals surface area contributed by atoms with Crippen LogP contribution >= 0.6 is 0 Å². The number of carbonyl (C=O) groups excluding carboxylic acids is 2. The second-order valence-electron chi connectivity index (χ2n) is 7.99. The molecule has 2 amide bonds. The van der Waals surface area contributed by atoms with E-state index < -0.39 is 0 Å². The van der Waals surface area contributed by atoms with Crippen LogP contribution in [0.25, 0.3) is 11.4 Å². The van der Waals surface area contributed by atoms with Gasteiger partial charge in [-0.25, -0.2) is 4.98 Å². The lowest BCUT2D eigenvalue weighted by atomic mass is 9.93. The molecule has 29 heavy (non-hydrogen) atoms. The smallest absolute Gasteiger partial charge is 0.225 e. The Morgan fingerprint density at radius 3 is 2.66 bits per heavy atom. The maximum absolute atomic E-state index is 12.7. The van der Waals surface area contributed by atoms with Crippen molar-refractivity contribution in [3.05, 3.63) is 30.4 Å². The molecule has 2 aromatic heterocycles. The van der Waals surface area contributed by atoms with Crippen molar-refractivity contribution < 1.29 is 9.59 Å². The third-order valence-corrected chi connectivity index (χ3v) is 5.98. The van der Waals surface area contributed by atoms with Gasteiger partial charge in [0, 0.05) is 37.0 Å². The van der Waals surface area contributed by atoms with Gasteiger partial charge in [0.15, 0.2) is 5.82 Å². The van der Waals surface area contributed by atoms with Gasteiger partial charge >= 0.3 is 0 Å². The van der Waals surface area contributed by atoms with Gasteiger partial charge in [-0.1, -0.05) is 25.7 Å². The van der Waals surface area contributed by atoms with E-state index in [4.69, 9.17) is 0 Å². The van der Waals surface area contributed by atoms with Crippen LogP contribution < -0.4 is 5.32 Å². The number of amides is 2. The molecule has 0 spiro atoms. The van der Waals surface area contributed by atoms with E-state index in [1.165, 1.54) is 25.7 Å². The summed E-state index contributed by atoms with van der Waals surface area (Å²) in [7, 11) is 0. The zero-order chi connectivity index (χ0) is 20.1. The van der Waals surface area contributed by atoms with Gasteiger partial charge in [0.25, 0.3) is 0 Å². The van der Waals surface area contributed by atoms with Crippen molar-refractivity contribution in [2.24, 2.45) is 5.92 Å². The maximum Gasteiger partial charge on any atom is 0.225 e. The highest BCUT2D eigenvalue weighted by atomic mass is 16.2. The topological polar surface area (TPSA) is 104 Å². The Kier molecular flexibility index (Phi) is 6.17. The molecule has 1 saturated heterocycles. The Labute approximate surface area is 170 Å². The molecular formula is C21H28N6O2. The molecule has 154 valence electrons. The molecule has 1 aliphatic heterocycles. The van der Waals surface area contributed by atoms with Gasteiger partial charge in [-0.15, -0.1) is 0 Å². The average molecular weight is 396 g/mol. The monoisotopic (exact) mass is 396 g/mol. The van der Waals surface area contributed by atoms with E-state index in [1.807, 2.05) is 17.0 Å². The van der Waals surface area contributed by atoms with Crippen LogP contribution in [0.5, 0.6) is 0 Å². The van der Waals surface area contributed by atoms with Gasteiger partial charge in [-0.3, -0.25) is 19.7 Å². The zero-order valence-corrected chi connectivity index (χ0v) is 16.6. The van der Waals surface area contributed by atoms with Crippen LogP contribution in [-0.2, 0) is 16.1 Å². The van der Waals surface area contributed by atoms with Crippen LogP contribution in [0.1, 0.15) is 57.2 Å². The predicted molar refractivity (Wildman–Crippen MR) is 107 cm³/mol. The summed E-state index contributed by atoms with van der Waals surface area (Å²) >= 11 is 0. The molecule has 0 bridgehead atoms. The number of hydrogen-bond acceptors (Lipinski definition) is 5. The number of nitrogens with zero attached hydrogens (tertiary/aromatic N) is 4. The summed E-state index contributed by atoms with van der Waals surface area (Å²) in [5, 5.41) is 10.0. The molecule has 2 fully saturated rings. The van der Waals surface area contributed by atoms with Gasteiger partial charge in [0.2, 0.25) is 11.8 Å². The van der Waals surface area contributed by atoms with Gasteiger partial charge in [0.05, 0.1) is 12.5 Å². The molecule has 2 N–H and O–H groups in total. The van der Waals surface area contributed by atoms with E-state index in [0.717, 1.165) is 18.4 Å². The SMILES string of the molecule is O=C(NCc1nc(-c2ccncc2)n[nH]1)[C@H]1CCC(=O)N(C2CCCCCC2)C1. The second-order valence-corrected chi connectivity index (χ2v) is 7.99. The number of nitrogens with one attached hydrogen (secondary N) is 2. The van der Waals surface area contributed by atoms with E-state index in [9.17, 15) is 9.59 Å². The maximum atomic E-state index is 12.7. The van der Waals surface area contributed by atoms with Crippen LogP contribution in [0, 0.1) is 5.92 Å². The second kappa shape index (κ2) is 9.15. The Morgan fingerprint density at radius 2 is 1.90 bits per heavy atom. The molecule has 8 nitrogen and oxygen atoms in total. The van der Waals surface area contributed by atoms with Crippen LogP contribution in [0.2, 0.25) is 0 Å². The highest BCUT2D eigenvalue weighted by Gasteiger charge is 2.34. The summed E-state index contributed by atoms with van der Waals surface area (Å²) < 4.78 is 0. The fraction of sp³-hybridized carbons (Fsp3) is 0.571. The molecule has 2 aromatic rings. The van der Waals surface area contributed by atoms with Crippen molar-refractivity contribution in [3.8, 4) is 11.4 Å². The van der Waals surface area contributed by atoms with E-state index in [1.54, 1.807) is 12.4 Å². The summed E-state index contributed by atoms with van der Waals surface area (Å²) in [5.41, 5.74) is 0.874. The van der Waals surface area contributed by atoms with Crippen LogP contribution in [0.15, 0.2) is 24.5 Å². The van der Waals surface area contributed by atoms with E-state index >= 15 is 0 Å². The van der Waals surface area contributed by atoms with Crippen LogP contribution in [-0.4, -0.2) is 49.5 Å². The average Bonchev–Trinajstić information content (AvgIpc) is 3.07. The van der Waals surface area contributed by atoms with Crippen molar-refractivity contribution in [1.29, 1.82) is 0 Å². The fourth-order valence-electron chi connectivity index (χ4n) is 4.33. The minimum Gasteiger partial charge on any atom is -0.349 e. The minimum atomic E-state index is -0.154. The van der Waals surface area contributed by atoms with Crippen molar-refractivity contribution in [3.63, 3.8) is 0 Å². The Morgan fingerprint density at radius 1 is 1.14 bits per heavy atom. The Balaban J connectivity index is 1.32. The summed E-state index contributed by atoms with van der Waals surface area (Å²) in [6, 6.07) is 3.98. The highest BCUT2D eigenvalue weighted by Crippen LogP contribution is 2.27. The third kappa shape index (κ3) is 4.81.